The van der Waals surface area contributed by atoms with E-state index in [-0.39, 0.29) is 12.1 Å². The van der Waals surface area contributed by atoms with E-state index in [2.05, 4.69) is 10.3 Å². The zero-order chi connectivity index (χ0) is 17.8. The van der Waals surface area contributed by atoms with E-state index in [9.17, 15) is 4.79 Å². The Bertz CT molecular complexity index is 749. The molecule has 132 valence electrons. The van der Waals surface area contributed by atoms with Crippen LogP contribution in [-0.4, -0.2) is 36.7 Å². The second kappa shape index (κ2) is 7.42. The summed E-state index contributed by atoms with van der Waals surface area (Å²) < 4.78 is 10.7. The number of rotatable bonds is 4. The first-order valence-electron chi connectivity index (χ1n) is 8.32. The van der Waals surface area contributed by atoms with Crippen LogP contribution in [0.1, 0.15) is 29.8 Å². The number of amides is 2. The summed E-state index contributed by atoms with van der Waals surface area (Å²) in [6, 6.07) is 9.42. The Balaban J connectivity index is 1.70. The molecule has 0 saturated carbocycles. The summed E-state index contributed by atoms with van der Waals surface area (Å²) in [5, 5.41) is 3.02. The van der Waals surface area contributed by atoms with Crippen LogP contribution in [0.15, 0.2) is 36.5 Å². The molecule has 1 atom stereocenters. The normalized spacial score (nSPS) is 14.4. The Kier molecular flexibility index (Phi) is 5.07. The first-order chi connectivity index (χ1) is 12.1. The SMILES string of the molecule is COc1cc2c(cc1OC)CN(C(=O)N[C@@H](C)c1ccccn1)CC2. The van der Waals surface area contributed by atoms with Gasteiger partial charge in [0.25, 0.3) is 0 Å². The third kappa shape index (κ3) is 3.68. The van der Waals surface area contributed by atoms with Gasteiger partial charge in [0.1, 0.15) is 0 Å². The fourth-order valence-corrected chi connectivity index (χ4v) is 3.04. The lowest BCUT2D eigenvalue weighted by atomic mass is 9.99. The Morgan fingerprint density at radius 1 is 1.20 bits per heavy atom. The van der Waals surface area contributed by atoms with Gasteiger partial charge in [-0.25, -0.2) is 4.79 Å². The zero-order valence-electron chi connectivity index (χ0n) is 14.8. The third-order valence-corrected chi connectivity index (χ3v) is 4.48. The molecule has 3 rings (SSSR count). The van der Waals surface area contributed by atoms with Crippen LogP contribution in [0.25, 0.3) is 0 Å². The molecular weight excluding hydrogens is 318 g/mol. The first kappa shape index (κ1) is 17.1. The number of pyridine rings is 1. The minimum absolute atomic E-state index is 0.0846. The molecule has 0 spiro atoms. The van der Waals surface area contributed by atoms with E-state index in [1.165, 1.54) is 5.56 Å². The maximum Gasteiger partial charge on any atom is 0.318 e. The standard InChI is InChI=1S/C19H23N3O3/c1-13(16-6-4-5-8-20-16)21-19(23)22-9-7-14-10-17(24-2)18(25-3)11-15(14)12-22/h4-6,8,10-11,13H,7,9,12H2,1-3H3,(H,21,23)/t13-/m0/s1. The van der Waals surface area contributed by atoms with Crippen molar-refractivity contribution in [3.8, 4) is 11.5 Å². The first-order valence-corrected chi connectivity index (χ1v) is 8.32. The van der Waals surface area contributed by atoms with Crippen molar-refractivity contribution < 1.29 is 14.3 Å². The highest BCUT2D eigenvalue weighted by atomic mass is 16.5. The van der Waals surface area contributed by atoms with Crippen LogP contribution in [0, 0.1) is 0 Å². The van der Waals surface area contributed by atoms with Crippen molar-refractivity contribution in [2.75, 3.05) is 20.8 Å². The summed E-state index contributed by atoms with van der Waals surface area (Å²) in [6.07, 6.45) is 2.52. The van der Waals surface area contributed by atoms with Crippen LogP contribution >= 0.6 is 0 Å². The lowest BCUT2D eigenvalue weighted by molar-refractivity contribution is 0.188. The number of ether oxygens (including phenoxy) is 2. The van der Waals surface area contributed by atoms with E-state index in [0.29, 0.717) is 18.8 Å². The summed E-state index contributed by atoms with van der Waals surface area (Å²) in [4.78, 5) is 18.7. The molecule has 0 unspecified atom stereocenters. The van der Waals surface area contributed by atoms with Crippen LogP contribution in [0.3, 0.4) is 0 Å². The smallest absolute Gasteiger partial charge is 0.318 e. The molecule has 0 aliphatic carbocycles. The fourth-order valence-electron chi connectivity index (χ4n) is 3.04. The quantitative estimate of drug-likeness (QED) is 0.929. The summed E-state index contributed by atoms with van der Waals surface area (Å²) in [5.41, 5.74) is 3.13. The molecule has 0 fully saturated rings. The number of hydrogen-bond donors (Lipinski definition) is 1. The molecule has 6 nitrogen and oxygen atoms in total. The topological polar surface area (TPSA) is 63.7 Å². The lowest BCUT2D eigenvalue weighted by Crippen LogP contribution is -2.43. The average Bonchev–Trinajstić information content (AvgIpc) is 2.66. The minimum atomic E-state index is -0.138. The molecule has 1 N–H and O–H groups in total. The van der Waals surface area contributed by atoms with Gasteiger partial charge in [-0.3, -0.25) is 4.98 Å². The third-order valence-electron chi connectivity index (χ3n) is 4.48. The van der Waals surface area contributed by atoms with E-state index in [4.69, 9.17) is 9.47 Å². The highest BCUT2D eigenvalue weighted by molar-refractivity contribution is 5.75. The van der Waals surface area contributed by atoms with Gasteiger partial charge in [-0.15, -0.1) is 0 Å². The van der Waals surface area contributed by atoms with Crippen molar-refractivity contribution in [2.24, 2.45) is 0 Å². The number of nitrogens with zero attached hydrogens (tertiary/aromatic N) is 2. The molecule has 1 aliphatic heterocycles. The summed E-state index contributed by atoms with van der Waals surface area (Å²) in [5.74, 6) is 1.41. The molecule has 0 saturated heterocycles. The van der Waals surface area contributed by atoms with Gasteiger partial charge in [0.15, 0.2) is 11.5 Å². The van der Waals surface area contributed by atoms with E-state index < -0.39 is 0 Å². The van der Waals surface area contributed by atoms with Crippen LogP contribution in [0.5, 0.6) is 11.5 Å². The number of carbonyl (C=O) groups is 1. The molecular formula is C19H23N3O3. The fraction of sp³-hybridized carbons (Fsp3) is 0.368. The molecule has 0 radical (unpaired) electrons. The largest absolute Gasteiger partial charge is 0.493 e. The van der Waals surface area contributed by atoms with Crippen molar-refractivity contribution in [1.29, 1.82) is 0 Å². The predicted octanol–water partition coefficient (Wildman–Crippen LogP) is 2.93. The number of fused-ring (bicyclic) bond motifs is 1. The Hall–Kier alpha value is -2.76. The van der Waals surface area contributed by atoms with Crippen LogP contribution in [0.4, 0.5) is 4.79 Å². The Labute approximate surface area is 147 Å². The van der Waals surface area contributed by atoms with E-state index in [1.807, 2.05) is 42.2 Å². The van der Waals surface area contributed by atoms with Crippen molar-refractivity contribution >= 4 is 6.03 Å². The Morgan fingerprint density at radius 2 is 1.92 bits per heavy atom. The van der Waals surface area contributed by atoms with E-state index in [1.54, 1.807) is 20.4 Å². The van der Waals surface area contributed by atoms with Gasteiger partial charge in [-0.1, -0.05) is 6.07 Å². The average molecular weight is 341 g/mol. The Morgan fingerprint density at radius 3 is 2.56 bits per heavy atom. The number of carbonyl (C=O) groups excluding carboxylic acids is 1. The van der Waals surface area contributed by atoms with Crippen LogP contribution < -0.4 is 14.8 Å². The molecule has 1 aliphatic rings. The van der Waals surface area contributed by atoms with E-state index in [0.717, 1.165) is 23.4 Å². The summed E-state index contributed by atoms with van der Waals surface area (Å²) >= 11 is 0. The molecule has 0 bridgehead atoms. The number of hydrogen-bond acceptors (Lipinski definition) is 4. The van der Waals surface area contributed by atoms with Crippen LogP contribution in [0.2, 0.25) is 0 Å². The number of methoxy groups -OCH3 is 2. The molecule has 25 heavy (non-hydrogen) atoms. The molecule has 2 amide bonds. The lowest BCUT2D eigenvalue weighted by Gasteiger charge is -2.30. The van der Waals surface area contributed by atoms with E-state index >= 15 is 0 Å². The van der Waals surface area contributed by atoms with Gasteiger partial charge >= 0.3 is 6.03 Å². The molecule has 1 aromatic carbocycles. The molecule has 1 aromatic heterocycles. The van der Waals surface area contributed by atoms with Crippen molar-refractivity contribution in [3.05, 3.63) is 53.3 Å². The molecule has 6 heteroatoms. The highest BCUT2D eigenvalue weighted by Gasteiger charge is 2.24. The van der Waals surface area contributed by atoms with Gasteiger partial charge in [0.2, 0.25) is 0 Å². The van der Waals surface area contributed by atoms with Crippen LogP contribution in [-0.2, 0) is 13.0 Å². The minimum Gasteiger partial charge on any atom is -0.493 e. The number of nitrogens with one attached hydrogen (secondary N) is 1. The summed E-state index contributed by atoms with van der Waals surface area (Å²) in [6.45, 7) is 3.16. The van der Waals surface area contributed by atoms with Gasteiger partial charge in [0, 0.05) is 19.3 Å². The second-order valence-electron chi connectivity index (χ2n) is 6.07. The zero-order valence-corrected chi connectivity index (χ0v) is 14.8. The maximum atomic E-state index is 12.6. The van der Waals surface area contributed by atoms with Gasteiger partial charge in [-0.2, -0.15) is 0 Å². The highest BCUT2D eigenvalue weighted by Crippen LogP contribution is 2.33. The number of aromatic nitrogens is 1. The molecule has 2 heterocycles. The van der Waals surface area contributed by atoms with Crippen molar-refractivity contribution in [1.82, 2.24) is 15.2 Å². The molecule has 2 aromatic rings. The van der Waals surface area contributed by atoms with Crippen molar-refractivity contribution in [3.63, 3.8) is 0 Å². The van der Waals surface area contributed by atoms with Crippen molar-refractivity contribution in [2.45, 2.75) is 25.9 Å². The summed E-state index contributed by atoms with van der Waals surface area (Å²) in [7, 11) is 3.25. The van der Waals surface area contributed by atoms with Gasteiger partial charge < -0.3 is 19.7 Å². The van der Waals surface area contributed by atoms with Gasteiger partial charge in [-0.05, 0) is 48.7 Å². The predicted molar refractivity (Wildman–Crippen MR) is 94.8 cm³/mol. The maximum absolute atomic E-state index is 12.6. The number of urea groups is 1. The monoisotopic (exact) mass is 341 g/mol. The number of benzene rings is 1. The van der Waals surface area contributed by atoms with Gasteiger partial charge in [0.05, 0.1) is 26.0 Å². The second-order valence-corrected chi connectivity index (χ2v) is 6.07.